The number of amides is 1. The first-order chi connectivity index (χ1) is 15.3. The second-order valence-corrected chi connectivity index (χ2v) is 9.43. The summed E-state index contributed by atoms with van der Waals surface area (Å²) in [5.41, 5.74) is 3.69. The van der Waals surface area contributed by atoms with Gasteiger partial charge in [-0.15, -0.1) is 0 Å². The Kier molecular flexibility index (Phi) is 6.12. The van der Waals surface area contributed by atoms with Crippen LogP contribution in [0.3, 0.4) is 0 Å². The molecule has 0 radical (unpaired) electrons. The first-order valence-corrected chi connectivity index (χ1v) is 11.7. The molecule has 8 heteroatoms. The Morgan fingerprint density at radius 3 is 2.28 bits per heavy atom. The monoisotopic (exact) mass is 465 g/mol. The van der Waals surface area contributed by atoms with Crippen LogP contribution in [0.4, 0.5) is 0 Å². The SMILES string of the molecule is Cc1ccc(S(=O)(=O)NC(=O)Cc2cn(-c3ccccc3)nc2-c2ccc(Cl)cc2)cc1. The lowest BCUT2D eigenvalue weighted by atomic mass is 10.1. The zero-order valence-corrected chi connectivity index (χ0v) is 18.8. The predicted molar refractivity (Wildman–Crippen MR) is 124 cm³/mol. The minimum Gasteiger partial charge on any atom is -0.274 e. The molecule has 0 fully saturated rings. The van der Waals surface area contributed by atoms with Gasteiger partial charge < -0.3 is 0 Å². The molecule has 1 aromatic heterocycles. The van der Waals surface area contributed by atoms with E-state index in [2.05, 4.69) is 9.82 Å². The Labute approximate surface area is 191 Å². The Balaban J connectivity index is 1.64. The molecule has 0 aliphatic rings. The van der Waals surface area contributed by atoms with Crippen LogP contribution >= 0.6 is 11.6 Å². The quantitative estimate of drug-likeness (QED) is 0.453. The molecule has 0 unspecified atom stereocenters. The van der Waals surface area contributed by atoms with Crippen LogP contribution < -0.4 is 4.72 Å². The number of nitrogens with zero attached hydrogens (tertiary/aromatic N) is 2. The van der Waals surface area contributed by atoms with E-state index < -0.39 is 15.9 Å². The molecule has 0 spiro atoms. The number of nitrogens with one attached hydrogen (secondary N) is 1. The van der Waals surface area contributed by atoms with Crippen molar-refractivity contribution < 1.29 is 13.2 Å². The van der Waals surface area contributed by atoms with Crippen LogP contribution in [0.1, 0.15) is 11.1 Å². The van der Waals surface area contributed by atoms with Gasteiger partial charge in [0.1, 0.15) is 0 Å². The van der Waals surface area contributed by atoms with Crippen molar-refractivity contribution in [1.82, 2.24) is 14.5 Å². The van der Waals surface area contributed by atoms with Gasteiger partial charge in [-0.25, -0.2) is 17.8 Å². The molecule has 0 saturated carbocycles. The first kappa shape index (κ1) is 21.8. The first-order valence-electron chi connectivity index (χ1n) is 9.84. The third kappa shape index (κ3) is 4.90. The molecule has 32 heavy (non-hydrogen) atoms. The van der Waals surface area contributed by atoms with Crippen LogP contribution in [0.25, 0.3) is 16.9 Å². The van der Waals surface area contributed by atoms with Crippen LogP contribution in [-0.2, 0) is 21.2 Å². The zero-order valence-electron chi connectivity index (χ0n) is 17.2. The number of carbonyl (C=O) groups excluding carboxylic acids is 1. The lowest BCUT2D eigenvalue weighted by Crippen LogP contribution is -2.31. The summed E-state index contributed by atoms with van der Waals surface area (Å²) in [4.78, 5) is 12.7. The molecule has 0 aliphatic carbocycles. The number of rotatable bonds is 6. The fourth-order valence-corrected chi connectivity index (χ4v) is 4.35. The van der Waals surface area contributed by atoms with Gasteiger partial charge in [-0.05, 0) is 43.3 Å². The Hall–Kier alpha value is -3.42. The minimum absolute atomic E-state index is 0.0364. The van der Waals surface area contributed by atoms with Gasteiger partial charge in [0.25, 0.3) is 10.0 Å². The highest BCUT2D eigenvalue weighted by Gasteiger charge is 2.21. The van der Waals surface area contributed by atoms with Gasteiger partial charge in [0, 0.05) is 22.3 Å². The molecule has 0 aliphatic heterocycles. The van der Waals surface area contributed by atoms with E-state index in [0.29, 0.717) is 16.3 Å². The van der Waals surface area contributed by atoms with Crippen LogP contribution in [0.2, 0.25) is 5.02 Å². The molecule has 0 bridgehead atoms. The summed E-state index contributed by atoms with van der Waals surface area (Å²) in [7, 11) is -3.97. The number of hydrogen-bond donors (Lipinski definition) is 1. The lowest BCUT2D eigenvalue weighted by Gasteiger charge is -2.07. The average Bonchev–Trinajstić information content (AvgIpc) is 3.18. The third-order valence-electron chi connectivity index (χ3n) is 4.86. The standard InChI is InChI=1S/C24H20ClN3O3S/c1-17-7-13-22(14-8-17)32(30,31)27-23(29)15-19-16-28(21-5-3-2-4-6-21)26-24(19)18-9-11-20(25)12-10-18/h2-14,16H,15H2,1H3,(H,27,29). The van der Waals surface area contributed by atoms with Gasteiger partial charge in [-0.2, -0.15) is 5.10 Å². The van der Waals surface area contributed by atoms with E-state index >= 15 is 0 Å². The number of aryl methyl sites for hydroxylation is 1. The molecule has 1 heterocycles. The molecule has 0 atom stereocenters. The van der Waals surface area contributed by atoms with Crippen LogP contribution in [0, 0.1) is 6.92 Å². The van der Waals surface area contributed by atoms with Crippen molar-refractivity contribution in [2.45, 2.75) is 18.2 Å². The van der Waals surface area contributed by atoms with E-state index in [9.17, 15) is 13.2 Å². The number of sulfonamides is 1. The molecule has 1 amide bonds. The molecule has 6 nitrogen and oxygen atoms in total. The normalized spacial score (nSPS) is 11.3. The van der Waals surface area contributed by atoms with Crippen molar-refractivity contribution in [2.75, 3.05) is 0 Å². The fourth-order valence-electron chi connectivity index (χ4n) is 3.24. The van der Waals surface area contributed by atoms with E-state index in [1.165, 1.54) is 12.1 Å². The Bertz CT molecular complexity index is 1350. The van der Waals surface area contributed by atoms with Gasteiger partial charge >= 0.3 is 0 Å². The second kappa shape index (κ2) is 8.98. The predicted octanol–water partition coefficient (Wildman–Crippen LogP) is 4.55. The van der Waals surface area contributed by atoms with Gasteiger partial charge in [-0.3, -0.25) is 4.79 Å². The number of benzene rings is 3. The summed E-state index contributed by atoms with van der Waals surface area (Å²) in [5, 5.41) is 5.22. The summed E-state index contributed by atoms with van der Waals surface area (Å²) in [6.07, 6.45) is 1.58. The van der Waals surface area contributed by atoms with E-state index in [1.54, 1.807) is 35.1 Å². The van der Waals surface area contributed by atoms with Crippen molar-refractivity contribution in [3.63, 3.8) is 0 Å². The average molecular weight is 466 g/mol. The van der Waals surface area contributed by atoms with E-state index in [1.807, 2.05) is 49.4 Å². The second-order valence-electron chi connectivity index (χ2n) is 7.31. The minimum atomic E-state index is -3.97. The summed E-state index contributed by atoms with van der Waals surface area (Å²) < 4.78 is 29.0. The van der Waals surface area contributed by atoms with Crippen molar-refractivity contribution >= 4 is 27.5 Å². The summed E-state index contributed by atoms with van der Waals surface area (Å²) in [5.74, 6) is -0.645. The number of halogens is 1. The summed E-state index contributed by atoms with van der Waals surface area (Å²) in [6.45, 7) is 1.86. The van der Waals surface area contributed by atoms with Gasteiger partial charge in [0.15, 0.2) is 0 Å². The molecule has 4 aromatic rings. The Morgan fingerprint density at radius 2 is 1.62 bits per heavy atom. The van der Waals surface area contributed by atoms with E-state index in [4.69, 9.17) is 11.6 Å². The van der Waals surface area contributed by atoms with Crippen molar-refractivity contribution in [1.29, 1.82) is 0 Å². The van der Waals surface area contributed by atoms with Crippen molar-refractivity contribution in [2.24, 2.45) is 0 Å². The van der Waals surface area contributed by atoms with Crippen LogP contribution in [0.15, 0.2) is 90.0 Å². The maximum absolute atomic E-state index is 12.7. The maximum atomic E-state index is 12.7. The lowest BCUT2D eigenvalue weighted by molar-refractivity contribution is -0.118. The number of hydrogen-bond acceptors (Lipinski definition) is 4. The molecule has 4 rings (SSSR count). The molecular weight excluding hydrogens is 446 g/mol. The van der Waals surface area contributed by atoms with E-state index in [-0.39, 0.29) is 11.3 Å². The maximum Gasteiger partial charge on any atom is 0.264 e. The Morgan fingerprint density at radius 1 is 0.969 bits per heavy atom. The smallest absolute Gasteiger partial charge is 0.264 e. The zero-order chi connectivity index (χ0) is 22.7. The van der Waals surface area contributed by atoms with Crippen molar-refractivity contribution in [3.8, 4) is 16.9 Å². The largest absolute Gasteiger partial charge is 0.274 e. The van der Waals surface area contributed by atoms with E-state index in [0.717, 1.165) is 16.8 Å². The highest BCUT2D eigenvalue weighted by molar-refractivity contribution is 7.90. The number of aromatic nitrogens is 2. The highest BCUT2D eigenvalue weighted by atomic mass is 35.5. The fraction of sp³-hybridized carbons (Fsp3) is 0.0833. The van der Waals surface area contributed by atoms with Gasteiger partial charge in [-0.1, -0.05) is 59.6 Å². The van der Waals surface area contributed by atoms with Crippen LogP contribution in [-0.4, -0.2) is 24.1 Å². The number of carbonyl (C=O) groups is 1. The molecular formula is C24H20ClN3O3S. The molecule has 162 valence electrons. The van der Waals surface area contributed by atoms with Gasteiger partial charge in [0.2, 0.25) is 5.91 Å². The summed E-state index contributed by atoms with van der Waals surface area (Å²) >= 11 is 6.01. The molecule has 1 N–H and O–H groups in total. The highest BCUT2D eigenvalue weighted by Crippen LogP contribution is 2.26. The topological polar surface area (TPSA) is 81.1 Å². The van der Waals surface area contributed by atoms with Gasteiger partial charge in [0.05, 0.1) is 22.7 Å². The van der Waals surface area contributed by atoms with Crippen LogP contribution in [0.5, 0.6) is 0 Å². The molecule has 3 aromatic carbocycles. The summed E-state index contributed by atoms with van der Waals surface area (Å²) in [6, 6.07) is 22.9. The number of para-hydroxylation sites is 1. The third-order valence-corrected chi connectivity index (χ3v) is 6.50. The molecule has 0 saturated heterocycles. The van der Waals surface area contributed by atoms with Crippen molar-refractivity contribution in [3.05, 3.63) is 101 Å².